The van der Waals surface area contributed by atoms with Crippen molar-refractivity contribution in [1.29, 1.82) is 0 Å². The summed E-state index contributed by atoms with van der Waals surface area (Å²) in [4.78, 5) is 22.2. The SMILES string of the molecule is O=C(O)c1cc(Cc2cccc(S(=O)[O-])c2)cc(C(=O)O)c1. The highest BCUT2D eigenvalue weighted by molar-refractivity contribution is 7.79. The van der Waals surface area contributed by atoms with E-state index in [1.807, 2.05) is 0 Å². The van der Waals surface area contributed by atoms with Gasteiger partial charge < -0.3 is 14.8 Å². The van der Waals surface area contributed by atoms with Crippen LogP contribution in [0.5, 0.6) is 0 Å². The van der Waals surface area contributed by atoms with Crippen LogP contribution >= 0.6 is 0 Å². The van der Waals surface area contributed by atoms with Crippen LogP contribution in [0, 0.1) is 0 Å². The van der Waals surface area contributed by atoms with Crippen LogP contribution in [0.25, 0.3) is 0 Å². The Morgan fingerprint density at radius 1 is 0.955 bits per heavy atom. The van der Waals surface area contributed by atoms with E-state index in [4.69, 9.17) is 10.2 Å². The molecule has 0 heterocycles. The summed E-state index contributed by atoms with van der Waals surface area (Å²) in [6.45, 7) is 0. The monoisotopic (exact) mass is 319 g/mol. The van der Waals surface area contributed by atoms with Crippen molar-refractivity contribution in [3.8, 4) is 0 Å². The van der Waals surface area contributed by atoms with Crippen molar-refractivity contribution in [2.45, 2.75) is 11.3 Å². The second kappa shape index (κ2) is 6.50. The first kappa shape index (κ1) is 15.9. The second-order valence-corrected chi connectivity index (χ2v) is 5.53. The molecule has 0 aliphatic carbocycles. The van der Waals surface area contributed by atoms with Crippen LogP contribution in [-0.2, 0) is 17.5 Å². The third-order valence-corrected chi connectivity index (χ3v) is 3.62. The average molecular weight is 319 g/mol. The smallest absolute Gasteiger partial charge is 0.335 e. The van der Waals surface area contributed by atoms with Crippen LogP contribution in [0.3, 0.4) is 0 Å². The Morgan fingerprint density at radius 3 is 2.05 bits per heavy atom. The lowest BCUT2D eigenvalue weighted by molar-refractivity contribution is 0.0696. The Hall–Kier alpha value is -2.51. The van der Waals surface area contributed by atoms with E-state index in [0.717, 1.165) is 6.07 Å². The number of aromatic carboxylic acids is 2. The van der Waals surface area contributed by atoms with E-state index in [-0.39, 0.29) is 22.4 Å². The molecular weight excluding hydrogens is 308 g/mol. The van der Waals surface area contributed by atoms with E-state index in [2.05, 4.69) is 0 Å². The lowest BCUT2D eigenvalue weighted by atomic mass is 10.00. The Kier molecular flexibility index (Phi) is 4.69. The molecule has 1 unspecified atom stereocenters. The Morgan fingerprint density at radius 2 is 1.55 bits per heavy atom. The summed E-state index contributed by atoms with van der Waals surface area (Å²) in [5, 5.41) is 18.0. The van der Waals surface area contributed by atoms with Gasteiger partial charge in [0.15, 0.2) is 0 Å². The quantitative estimate of drug-likeness (QED) is 0.814. The summed E-state index contributed by atoms with van der Waals surface area (Å²) in [5.41, 5.74) is 0.864. The van der Waals surface area contributed by atoms with Crippen molar-refractivity contribution in [3.05, 3.63) is 64.7 Å². The molecule has 2 aromatic carbocycles. The van der Waals surface area contributed by atoms with Gasteiger partial charge in [0.1, 0.15) is 0 Å². The topological polar surface area (TPSA) is 115 Å². The molecule has 1 atom stereocenters. The van der Waals surface area contributed by atoms with Crippen LogP contribution < -0.4 is 0 Å². The number of rotatable bonds is 5. The van der Waals surface area contributed by atoms with Gasteiger partial charge in [0.2, 0.25) is 0 Å². The minimum atomic E-state index is -2.36. The first-order valence-corrected chi connectivity index (χ1v) is 7.23. The maximum Gasteiger partial charge on any atom is 0.335 e. The fourth-order valence-electron chi connectivity index (χ4n) is 2.04. The van der Waals surface area contributed by atoms with Crippen molar-refractivity contribution in [2.24, 2.45) is 0 Å². The molecule has 0 radical (unpaired) electrons. The van der Waals surface area contributed by atoms with Crippen molar-refractivity contribution in [2.75, 3.05) is 0 Å². The molecule has 0 aliphatic rings. The largest absolute Gasteiger partial charge is 0.768 e. The van der Waals surface area contributed by atoms with Crippen molar-refractivity contribution in [3.63, 3.8) is 0 Å². The minimum Gasteiger partial charge on any atom is -0.768 e. The number of hydrogen-bond donors (Lipinski definition) is 2. The highest BCUT2D eigenvalue weighted by atomic mass is 32.2. The summed E-state index contributed by atoms with van der Waals surface area (Å²) >= 11 is -2.36. The Labute approximate surface area is 128 Å². The zero-order valence-electron chi connectivity index (χ0n) is 11.2. The number of carboxylic acids is 2. The molecule has 0 bridgehead atoms. The predicted molar refractivity (Wildman–Crippen MR) is 76.8 cm³/mol. The minimum absolute atomic E-state index is 0.116. The normalized spacial score (nSPS) is 11.9. The maximum absolute atomic E-state index is 11.0. The van der Waals surface area contributed by atoms with Crippen molar-refractivity contribution >= 4 is 23.0 Å². The van der Waals surface area contributed by atoms with Crippen LogP contribution in [0.15, 0.2) is 47.4 Å². The molecule has 0 aliphatic heterocycles. The summed E-state index contributed by atoms with van der Waals surface area (Å²) < 4.78 is 21.9. The molecule has 2 aromatic rings. The summed E-state index contributed by atoms with van der Waals surface area (Å²) in [7, 11) is 0. The number of hydrogen-bond acceptors (Lipinski definition) is 4. The van der Waals surface area contributed by atoms with E-state index in [1.54, 1.807) is 12.1 Å². The lowest BCUT2D eigenvalue weighted by Crippen LogP contribution is -2.04. The zero-order chi connectivity index (χ0) is 16.3. The van der Waals surface area contributed by atoms with E-state index in [9.17, 15) is 18.4 Å². The van der Waals surface area contributed by atoms with Crippen molar-refractivity contribution < 1.29 is 28.6 Å². The average Bonchev–Trinajstić information content (AvgIpc) is 2.47. The van der Waals surface area contributed by atoms with Gasteiger partial charge in [0, 0.05) is 4.90 Å². The second-order valence-electron chi connectivity index (χ2n) is 4.59. The van der Waals surface area contributed by atoms with E-state index < -0.39 is 23.0 Å². The van der Waals surface area contributed by atoms with Crippen LogP contribution in [0.4, 0.5) is 0 Å². The lowest BCUT2D eigenvalue weighted by Gasteiger charge is -2.09. The van der Waals surface area contributed by atoms with Gasteiger partial charge in [-0.1, -0.05) is 12.1 Å². The summed E-state index contributed by atoms with van der Waals surface area (Å²) in [5.74, 6) is -2.45. The molecule has 6 nitrogen and oxygen atoms in total. The summed E-state index contributed by atoms with van der Waals surface area (Å²) in [6, 6.07) is 9.96. The van der Waals surface area contributed by atoms with Crippen LogP contribution in [0.1, 0.15) is 31.8 Å². The molecule has 2 N–H and O–H groups in total. The number of benzene rings is 2. The standard InChI is InChI=1S/C15H12O6S/c16-14(17)11-5-10(6-12(8-11)15(18)19)4-9-2-1-3-13(7-9)22(20)21/h1-3,5-8H,4H2,(H,16,17)(H,18,19)(H,20,21)/p-1. The number of carbonyl (C=O) groups is 2. The molecule has 2 rings (SSSR count). The van der Waals surface area contributed by atoms with Crippen LogP contribution in [-0.4, -0.2) is 30.9 Å². The van der Waals surface area contributed by atoms with Gasteiger partial charge >= 0.3 is 11.9 Å². The van der Waals surface area contributed by atoms with Gasteiger partial charge in [-0.3, -0.25) is 4.21 Å². The first-order chi connectivity index (χ1) is 10.4. The molecule has 0 saturated carbocycles. The molecule has 0 fully saturated rings. The zero-order valence-corrected chi connectivity index (χ0v) is 12.0. The highest BCUT2D eigenvalue weighted by Crippen LogP contribution is 2.17. The fourth-order valence-corrected chi connectivity index (χ4v) is 2.47. The Balaban J connectivity index is 2.40. The molecule has 7 heteroatoms. The third-order valence-electron chi connectivity index (χ3n) is 2.99. The molecule has 114 valence electrons. The van der Waals surface area contributed by atoms with Crippen LogP contribution in [0.2, 0.25) is 0 Å². The van der Waals surface area contributed by atoms with E-state index >= 15 is 0 Å². The third kappa shape index (κ3) is 3.78. The molecule has 0 spiro atoms. The molecule has 0 aromatic heterocycles. The molecule has 22 heavy (non-hydrogen) atoms. The molecule has 0 amide bonds. The fraction of sp³-hybridized carbons (Fsp3) is 0.0667. The number of carboxylic acid groups (broad SMARTS) is 2. The van der Waals surface area contributed by atoms with Gasteiger partial charge in [-0.15, -0.1) is 0 Å². The van der Waals surface area contributed by atoms with Crippen molar-refractivity contribution in [1.82, 2.24) is 0 Å². The molecule has 0 saturated heterocycles. The van der Waals surface area contributed by atoms with Gasteiger partial charge in [-0.2, -0.15) is 0 Å². The Bertz CT molecular complexity index is 736. The van der Waals surface area contributed by atoms with E-state index in [0.29, 0.717) is 11.1 Å². The first-order valence-electron chi connectivity index (χ1n) is 6.15. The van der Waals surface area contributed by atoms with E-state index in [1.165, 1.54) is 24.3 Å². The predicted octanol–water partition coefficient (Wildman–Crippen LogP) is 1.91. The van der Waals surface area contributed by atoms with Gasteiger partial charge in [-0.05, 0) is 59.0 Å². The van der Waals surface area contributed by atoms with Gasteiger partial charge in [0.25, 0.3) is 0 Å². The highest BCUT2D eigenvalue weighted by Gasteiger charge is 2.11. The summed E-state index contributed by atoms with van der Waals surface area (Å²) in [6.07, 6.45) is 0.229. The molecular formula is C15H11O6S-. The maximum atomic E-state index is 11.0. The van der Waals surface area contributed by atoms with Gasteiger partial charge in [0.05, 0.1) is 11.1 Å². The van der Waals surface area contributed by atoms with Gasteiger partial charge in [-0.25, -0.2) is 9.59 Å².